The first-order valence-electron chi connectivity index (χ1n) is 8.63. The van der Waals surface area contributed by atoms with Crippen LogP contribution >= 0.6 is 11.6 Å². The van der Waals surface area contributed by atoms with Crippen LogP contribution in [0.2, 0.25) is 5.02 Å². The molecule has 0 aliphatic carbocycles. The van der Waals surface area contributed by atoms with E-state index in [0.717, 1.165) is 11.1 Å². The van der Waals surface area contributed by atoms with Crippen molar-refractivity contribution in [2.75, 3.05) is 25.6 Å². The molecule has 1 amide bonds. The van der Waals surface area contributed by atoms with Gasteiger partial charge in [0.05, 0.1) is 13.2 Å². The van der Waals surface area contributed by atoms with E-state index in [1.165, 1.54) is 7.11 Å². The van der Waals surface area contributed by atoms with Crippen LogP contribution in [-0.4, -0.2) is 37.4 Å². The van der Waals surface area contributed by atoms with Crippen molar-refractivity contribution in [2.24, 2.45) is 0 Å². The van der Waals surface area contributed by atoms with Gasteiger partial charge >= 0.3 is 0 Å². The number of ether oxygens (including phenoxy) is 2. The van der Waals surface area contributed by atoms with Gasteiger partial charge in [-0.2, -0.15) is 0 Å². The highest BCUT2D eigenvalue weighted by molar-refractivity contribution is 6.31. The van der Waals surface area contributed by atoms with E-state index in [-0.39, 0.29) is 12.5 Å². The fraction of sp³-hybridized carbons (Fsp3) is 0.350. The lowest BCUT2D eigenvalue weighted by Gasteiger charge is -2.14. The van der Waals surface area contributed by atoms with Crippen molar-refractivity contribution >= 4 is 23.2 Å². The molecule has 1 unspecified atom stereocenters. The molecule has 0 aliphatic rings. The van der Waals surface area contributed by atoms with E-state index in [1.807, 2.05) is 31.2 Å². The van der Waals surface area contributed by atoms with Crippen molar-refractivity contribution in [1.82, 2.24) is 5.32 Å². The molecule has 1 atom stereocenters. The molecule has 2 aromatic rings. The molecule has 27 heavy (non-hydrogen) atoms. The zero-order chi connectivity index (χ0) is 19.8. The Morgan fingerprint density at radius 2 is 1.93 bits per heavy atom. The van der Waals surface area contributed by atoms with Crippen LogP contribution < -0.4 is 20.1 Å². The number of carbonyl (C=O) groups is 1. The Kier molecular flexibility index (Phi) is 7.91. The van der Waals surface area contributed by atoms with Gasteiger partial charge in [0.2, 0.25) is 0 Å². The summed E-state index contributed by atoms with van der Waals surface area (Å²) in [4.78, 5) is 12.1. The Morgan fingerprint density at radius 1 is 1.22 bits per heavy atom. The second kappa shape index (κ2) is 10.2. The number of rotatable bonds is 9. The highest BCUT2D eigenvalue weighted by atomic mass is 35.5. The van der Waals surface area contributed by atoms with Crippen LogP contribution in [0.25, 0.3) is 0 Å². The van der Waals surface area contributed by atoms with Crippen LogP contribution in [0.5, 0.6) is 11.5 Å². The fourth-order valence-electron chi connectivity index (χ4n) is 2.38. The first-order valence-corrected chi connectivity index (χ1v) is 9.01. The number of aryl methyl sites for hydroxylation is 1. The molecular weight excluding hydrogens is 368 g/mol. The number of benzene rings is 2. The number of nitrogens with one attached hydrogen (secondary N) is 2. The highest BCUT2D eigenvalue weighted by Crippen LogP contribution is 2.33. The zero-order valence-electron chi connectivity index (χ0n) is 15.7. The molecule has 0 saturated carbocycles. The van der Waals surface area contributed by atoms with Crippen molar-refractivity contribution in [1.29, 1.82) is 0 Å². The average molecular weight is 393 g/mol. The molecule has 0 heterocycles. The van der Waals surface area contributed by atoms with Gasteiger partial charge in [0.25, 0.3) is 5.91 Å². The number of hydrogen-bond acceptors (Lipinski definition) is 5. The van der Waals surface area contributed by atoms with Crippen molar-refractivity contribution in [2.45, 2.75) is 26.5 Å². The smallest absolute Gasteiger partial charge is 0.262 e. The normalized spacial score (nSPS) is 11.7. The van der Waals surface area contributed by atoms with E-state index in [4.69, 9.17) is 21.1 Å². The van der Waals surface area contributed by atoms with Crippen molar-refractivity contribution < 1.29 is 19.4 Å². The predicted molar refractivity (Wildman–Crippen MR) is 107 cm³/mol. The number of methoxy groups -OCH3 is 1. The second-order valence-corrected chi connectivity index (χ2v) is 6.68. The van der Waals surface area contributed by atoms with E-state index in [2.05, 4.69) is 10.6 Å². The number of aliphatic hydroxyl groups excluding tert-OH is 1. The molecule has 0 spiro atoms. The molecule has 3 N–H and O–H groups in total. The largest absolute Gasteiger partial charge is 0.493 e. The maximum Gasteiger partial charge on any atom is 0.262 e. The number of anilines is 1. The Labute approximate surface area is 164 Å². The Hall–Kier alpha value is -2.28. The van der Waals surface area contributed by atoms with Crippen LogP contribution in [0.15, 0.2) is 36.4 Å². The Bertz CT molecular complexity index is 763. The molecule has 2 aromatic carbocycles. The van der Waals surface area contributed by atoms with Crippen LogP contribution in [-0.2, 0) is 11.3 Å². The number of hydrogen-bond donors (Lipinski definition) is 3. The number of halogens is 1. The molecule has 2 rings (SSSR count). The molecule has 0 radical (unpaired) electrons. The first-order chi connectivity index (χ1) is 12.9. The lowest BCUT2D eigenvalue weighted by molar-refractivity contribution is -0.118. The van der Waals surface area contributed by atoms with Gasteiger partial charge in [-0.05, 0) is 37.6 Å². The van der Waals surface area contributed by atoms with E-state index in [1.54, 1.807) is 19.1 Å². The minimum absolute atomic E-state index is 0.166. The minimum Gasteiger partial charge on any atom is -0.493 e. The van der Waals surface area contributed by atoms with Crippen molar-refractivity contribution in [3.05, 3.63) is 52.5 Å². The van der Waals surface area contributed by atoms with E-state index in [0.29, 0.717) is 35.3 Å². The minimum atomic E-state index is -0.444. The number of amides is 1. The summed E-state index contributed by atoms with van der Waals surface area (Å²) in [5.41, 5.74) is 2.64. The summed E-state index contributed by atoms with van der Waals surface area (Å²) in [5.74, 6) is 0.594. The van der Waals surface area contributed by atoms with Gasteiger partial charge in [-0.1, -0.05) is 29.3 Å². The monoisotopic (exact) mass is 392 g/mol. The predicted octanol–water partition coefficient (Wildman–Crippen LogP) is 3.14. The summed E-state index contributed by atoms with van der Waals surface area (Å²) in [6.45, 7) is 4.45. The molecule has 146 valence electrons. The van der Waals surface area contributed by atoms with Gasteiger partial charge in [0, 0.05) is 29.9 Å². The first kappa shape index (κ1) is 21.0. The maximum atomic E-state index is 12.1. The summed E-state index contributed by atoms with van der Waals surface area (Å²) in [6.07, 6.45) is -0.444. The molecule has 0 bridgehead atoms. The quantitative estimate of drug-likeness (QED) is 0.611. The summed E-state index contributed by atoms with van der Waals surface area (Å²) in [7, 11) is 1.52. The van der Waals surface area contributed by atoms with Gasteiger partial charge in [0.15, 0.2) is 18.1 Å². The van der Waals surface area contributed by atoms with Crippen LogP contribution in [0.3, 0.4) is 0 Å². The average Bonchev–Trinajstić information content (AvgIpc) is 2.63. The summed E-state index contributed by atoms with van der Waals surface area (Å²) >= 11 is 6.29. The van der Waals surface area contributed by atoms with Gasteiger partial charge in [-0.3, -0.25) is 4.79 Å². The second-order valence-electron chi connectivity index (χ2n) is 6.28. The third-order valence-electron chi connectivity index (χ3n) is 3.78. The lowest BCUT2D eigenvalue weighted by atomic mass is 10.2. The van der Waals surface area contributed by atoms with Crippen LogP contribution in [0, 0.1) is 6.92 Å². The van der Waals surface area contributed by atoms with Gasteiger partial charge in [-0.15, -0.1) is 0 Å². The van der Waals surface area contributed by atoms with E-state index < -0.39 is 6.10 Å². The number of carbonyl (C=O) groups excluding carboxylic acids is 1. The number of aliphatic hydroxyl groups is 1. The molecule has 0 aromatic heterocycles. The van der Waals surface area contributed by atoms with E-state index >= 15 is 0 Å². The highest BCUT2D eigenvalue weighted by Gasteiger charge is 2.13. The SMILES string of the molecule is COc1cc(CNCC(C)O)c(Cl)cc1OCC(=O)Nc1ccc(C)cc1. The summed E-state index contributed by atoms with van der Waals surface area (Å²) < 4.78 is 10.9. The fourth-order valence-corrected chi connectivity index (χ4v) is 2.60. The molecule has 7 heteroatoms. The Balaban J connectivity index is 1.97. The standard InChI is InChI=1S/C20H25ClN2O4/c1-13-4-6-16(7-5-13)23-20(25)12-27-19-9-17(21)15(8-18(19)26-3)11-22-10-14(2)24/h4-9,14,22,24H,10-12H2,1-3H3,(H,23,25). The maximum absolute atomic E-state index is 12.1. The molecule has 0 aliphatic heterocycles. The Morgan fingerprint density at radius 3 is 2.56 bits per heavy atom. The molecular formula is C20H25ClN2O4. The lowest BCUT2D eigenvalue weighted by Crippen LogP contribution is -2.24. The third kappa shape index (κ3) is 6.75. The molecule has 6 nitrogen and oxygen atoms in total. The third-order valence-corrected chi connectivity index (χ3v) is 4.13. The topological polar surface area (TPSA) is 79.8 Å². The van der Waals surface area contributed by atoms with Gasteiger partial charge in [0.1, 0.15) is 0 Å². The molecule has 0 fully saturated rings. The van der Waals surface area contributed by atoms with Crippen LogP contribution in [0.4, 0.5) is 5.69 Å². The zero-order valence-corrected chi connectivity index (χ0v) is 16.5. The van der Waals surface area contributed by atoms with E-state index in [9.17, 15) is 9.90 Å². The van der Waals surface area contributed by atoms with Gasteiger partial charge in [-0.25, -0.2) is 0 Å². The van der Waals surface area contributed by atoms with Gasteiger partial charge < -0.3 is 25.2 Å². The molecule has 0 saturated heterocycles. The van der Waals surface area contributed by atoms with Crippen molar-refractivity contribution in [3.63, 3.8) is 0 Å². The van der Waals surface area contributed by atoms with Crippen LogP contribution in [0.1, 0.15) is 18.1 Å². The summed E-state index contributed by atoms with van der Waals surface area (Å²) in [5, 5.41) is 15.7. The summed E-state index contributed by atoms with van der Waals surface area (Å²) in [6, 6.07) is 10.9. The van der Waals surface area contributed by atoms with Crippen molar-refractivity contribution in [3.8, 4) is 11.5 Å².